The van der Waals surface area contributed by atoms with Gasteiger partial charge in [-0.3, -0.25) is 24.0 Å². The average molecular weight is 764 g/mol. The average Bonchev–Trinajstić information content (AvgIpc) is 3.45. The van der Waals surface area contributed by atoms with Crippen molar-refractivity contribution in [3.8, 4) is 0 Å². The van der Waals surface area contributed by atoms with Crippen molar-refractivity contribution in [1.29, 1.82) is 0 Å². The molecule has 3 aliphatic rings. The summed E-state index contributed by atoms with van der Waals surface area (Å²) in [7, 11) is 0. The third kappa shape index (κ3) is 9.89. The maximum absolute atomic E-state index is 14.6. The molecule has 15 nitrogen and oxygen atoms in total. The molecule has 2 saturated carbocycles. The molecule has 5 N–H and O–H groups in total. The number of benzene rings is 1. The van der Waals surface area contributed by atoms with Crippen LogP contribution >= 0.6 is 0 Å². The molecule has 2 unspecified atom stereocenters. The Kier molecular flexibility index (Phi) is 13.0. The molecular weight excluding hydrogens is 702 g/mol. The maximum atomic E-state index is 14.6. The summed E-state index contributed by atoms with van der Waals surface area (Å²) in [6.45, 7) is 15.4. The minimum atomic E-state index is -1.41. The van der Waals surface area contributed by atoms with Crippen LogP contribution in [0, 0.1) is 23.2 Å². The highest BCUT2D eigenvalue weighted by atomic mass is 16.3. The van der Waals surface area contributed by atoms with E-state index in [1.54, 1.807) is 4.90 Å². The van der Waals surface area contributed by atoms with Crippen LogP contribution in [-0.4, -0.2) is 103 Å². The first-order valence-corrected chi connectivity index (χ1v) is 20.0. The van der Waals surface area contributed by atoms with Gasteiger partial charge < -0.3 is 31.3 Å². The topological polar surface area (TPSA) is 201 Å². The lowest BCUT2D eigenvalue weighted by Crippen LogP contribution is -2.62. The van der Waals surface area contributed by atoms with Gasteiger partial charge in [-0.15, -0.1) is 10.2 Å². The van der Waals surface area contributed by atoms with Crippen molar-refractivity contribution in [3.05, 3.63) is 41.7 Å². The van der Waals surface area contributed by atoms with Crippen LogP contribution in [0.5, 0.6) is 0 Å². The van der Waals surface area contributed by atoms with E-state index >= 15 is 0 Å². The number of rotatable bonds is 16. The van der Waals surface area contributed by atoms with Gasteiger partial charge in [0.25, 0.3) is 5.91 Å². The van der Waals surface area contributed by atoms with Crippen molar-refractivity contribution in [2.45, 2.75) is 149 Å². The van der Waals surface area contributed by atoms with E-state index in [0.29, 0.717) is 19.4 Å². The minimum absolute atomic E-state index is 0.0624. The van der Waals surface area contributed by atoms with E-state index in [4.69, 9.17) is 0 Å². The monoisotopic (exact) mass is 763 g/mol. The number of amides is 5. The summed E-state index contributed by atoms with van der Waals surface area (Å²) in [6, 6.07) is 6.16. The van der Waals surface area contributed by atoms with E-state index in [9.17, 15) is 29.1 Å². The lowest BCUT2D eigenvalue weighted by Gasteiger charge is -2.37. The Morgan fingerprint density at radius 3 is 2.24 bits per heavy atom. The Bertz CT molecular complexity index is 1680. The van der Waals surface area contributed by atoms with Crippen molar-refractivity contribution in [3.63, 3.8) is 0 Å². The van der Waals surface area contributed by atoms with E-state index in [2.05, 4.69) is 36.7 Å². The number of aliphatic hydroxyl groups excluding tert-OH is 1. The molecule has 2 aliphatic carbocycles. The summed E-state index contributed by atoms with van der Waals surface area (Å²) in [4.78, 5) is 71.9. The Balaban J connectivity index is 1.28. The van der Waals surface area contributed by atoms with E-state index in [-0.39, 0.29) is 41.9 Å². The molecule has 15 heteroatoms. The van der Waals surface area contributed by atoms with Gasteiger partial charge in [0.2, 0.25) is 23.6 Å². The second-order valence-corrected chi connectivity index (χ2v) is 17.6. The SMILES string of the molecule is CCCC(NC(=O)[C@@H]1[C@H]2CCC[C@H]2CN1C(=O)[C@@H](NC(=O)[C@@H](NC(=O)Cc1nnn(C(C)(C)c2ccccc2)n1)C(C)C)C(C)(C)C)C(O)C(=O)NC1CC1. The zero-order chi connectivity index (χ0) is 40.2. The molecule has 302 valence electrons. The van der Waals surface area contributed by atoms with Crippen LogP contribution in [0.4, 0.5) is 0 Å². The number of aromatic nitrogens is 4. The number of nitrogens with one attached hydrogen (secondary N) is 4. The van der Waals surface area contributed by atoms with Gasteiger partial charge in [-0.25, -0.2) is 0 Å². The first kappa shape index (κ1) is 41.8. The molecule has 1 aromatic heterocycles. The summed E-state index contributed by atoms with van der Waals surface area (Å²) in [6.07, 6.45) is 3.75. The molecule has 55 heavy (non-hydrogen) atoms. The van der Waals surface area contributed by atoms with Gasteiger partial charge in [0, 0.05) is 12.6 Å². The van der Waals surface area contributed by atoms with E-state index in [1.165, 1.54) is 4.80 Å². The lowest BCUT2D eigenvalue weighted by atomic mass is 9.85. The summed E-state index contributed by atoms with van der Waals surface area (Å²) in [5.41, 5.74) is -0.400. The number of nitrogens with zero attached hydrogens (tertiary/aromatic N) is 5. The van der Waals surface area contributed by atoms with Gasteiger partial charge in [0.1, 0.15) is 23.7 Å². The fourth-order valence-corrected chi connectivity index (χ4v) is 7.92. The standard InChI is InChI=1S/C40H61N9O6/c1-9-14-28(33(51)37(54)41-26-19-20-26)42-36(53)32-27-18-13-15-24(27)22-48(32)38(55)34(39(4,5)6)44-35(52)31(23(2)3)43-30(50)21-29-45-47-49(46-29)40(7,8)25-16-11-10-12-17-25/h10-12,16-17,23-24,26-28,31-34,51H,9,13-15,18-22H2,1-8H3,(H,41,54)(H,42,53)(H,43,50)(H,44,52)/t24-,27-,28?,31-,32-,33?,34+/m0/s1. The summed E-state index contributed by atoms with van der Waals surface area (Å²) in [5, 5.41) is 35.3. The number of carbonyl (C=O) groups is 5. The van der Waals surface area contributed by atoms with Crippen LogP contribution in [-0.2, 0) is 35.9 Å². The second-order valence-electron chi connectivity index (χ2n) is 17.6. The fraction of sp³-hybridized carbons (Fsp3) is 0.700. The Labute approximate surface area is 324 Å². The predicted octanol–water partition coefficient (Wildman–Crippen LogP) is 2.22. The summed E-state index contributed by atoms with van der Waals surface area (Å²) < 4.78 is 0. The molecule has 3 fully saturated rings. The maximum Gasteiger partial charge on any atom is 0.251 e. The van der Waals surface area contributed by atoms with Crippen LogP contribution in [0.2, 0.25) is 0 Å². The molecule has 0 radical (unpaired) electrons. The molecule has 0 spiro atoms. The van der Waals surface area contributed by atoms with Crippen molar-refractivity contribution in [2.24, 2.45) is 23.2 Å². The van der Waals surface area contributed by atoms with E-state index in [1.807, 2.05) is 85.7 Å². The van der Waals surface area contributed by atoms with Gasteiger partial charge in [-0.1, -0.05) is 84.7 Å². The molecule has 7 atom stereocenters. The van der Waals surface area contributed by atoms with Gasteiger partial charge in [0.15, 0.2) is 11.9 Å². The number of carbonyl (C=O) groups excluding carboxylic acids is 5. The number of tetrazole rings is 1. The van der Waals surface area contributed by atoms with Crippen molar-refractivity contribution in [1.82, 2.24) is 46.4 Å². The Hall–Kier alpha value is -4.40. The number of likely N-dealkylation sites (tertiary alicyclic amines) is 1. The van der Waals surface area contributed by atoms with Crippen LogP contribution in [0.3, 0.4) is 0 Å². The molecule has 5 amide bonds. The minimum Gasteiger partial charge on any atom is -0.381 e. The molecule has 1 saturated heterocycles. The molecule has 1 aliphatic heterocycles. The summed E-state index contributed by atoms with van der Waals surface area (Å²) >= 11 is 0. The second kappa shape index (κ2) is 17.2. The molecule has 0 bridgehead atoms. The quantitative estimate of drug-likeness (QED) is 0.170. The van der Waals surface area contributed by atoms with Crippen molar-refractivity contribution < 1.29 is 29.1 Å². The predicted molar refractivity (Wildman–Crippen MR) is 205 cm³/mol. The van der Waals surface area contributed by atoms with Gasteiger partial charge in [-0.05, 0) is 79.9 Å². The largest absolute Gasteiger partial charge is 0.381 e. The molecule has 5 rings (SSSR count). The van der Waals surface area contributed by atoms with E-state index < -0.39 is 64.9 Å². The van der Waals surface area contributed by atoms with Gasteiger partial charge >= 0.3 is 0 Å². The number of hydrogen-bond donors (Lipinski definition) is 5. The van der Waals surface area contributed by atoms with Crippen LogP contribution in [0.15, 0.2) is 30.3 Å². The van der Waals surface area contributed by atoms with Crippen molar-refractivity contribution >= 4 is 29.5 Å². The Morgan fingerprint density at radius 1 is 0.927 bits per heavy atom. The molecule has 2 heterocycles. The normalized spacial score (nSPS) is 22.0. The first-order valence-electron chi connectivity index (χ1n) is 20.0. The zero-order valence-electron chi connectivity index (χ0n) is 33.7. The van der Waals surface area contributed by atoms with Crippen LogP contribution in [0.25, 0.3) is 0 Å². The smallest absolute Gasteiger partial charge is 0.251 e. The third-order valence-electron chi connectivity index (χ3n) is 11.4. The van der Waals surface area contributed by atoms with Crippen molar-refractivity contribution in [2.75, 3.05) is 6.54 Å². The van der Waals surface area contributed by atoms with Gasteiger partial charge in [0.05, 0.1) is 12.5 Å². The van der Waals surface area contributed by atoms with Gasteiger partial charge in [-0.2, -0.15) is 4.80 Å². The highest BCUT2D eigenvalue weighted by Crippen LogP contribution is 2.43. The fourth-order valence-electron chi connectivity index (χ4n) is 7.92. The number of aliphatic hydroxyl groups is 1. The molecule has 1 aromatic carbocycles. The highest BCUT2D eigenvalue weighted by Gasteiger charge is 2.52. The van der Waals surface area contributed by atoms with Crippen LogP contribution < -0.4 is 21.3 Å². The third-order valence-corrected chi connectivity index (χ3v) is 11.4. The van der Waals surface area contributed by atoms with E-state index in [0.717, 1.165) is 37.7 Å². The summed E-state index contributed by atoms with van der Waals surface area (Å²) in [5.74, 6) is -2.36. The number of fused-ring (bicyclic) bond motifs is 1. The first-order chi connectivity index (χ1) is 25.9. The zero-order valence-corrected chi connectivity index (χ0v) is 33.7. The Morgan fingerprint density at radius 2 is 1.62 bits per heavy atom. The number of hydrogen-bond acceptors (Lipinski definition) is 9. The molecule has 2 aromatic rings. The highest BCUT2D eigenvalue weighted by molar-refractivity contribution is 5.95. The molecular formula is C40H61N9O6. The lowest BCUT2D eigenvalue weighted by molar-refractivity contribution is -0.146. The van der Waals surface area contributed by atoms with Crippen LogP contribution in [0.1, 0.15) is 112 Å².